The quantitative estimate of drug-likeness (QED) is 0.866. The highest BCUT2D eigenvalue weighted by Gasteiger charge is 2.21. The maximum absolute atomic E-state index is 5.27. The van der Waals surface area contributed by atoms with E-state index in [9.17, 15) is 0 Å². The molecule has 2 atom stereocenters. The van der Waals surface area contributed by atoms with Crippen LogP contribution in [0.2, 0.25) is 0 Å². The monoisotopic (exact) mass is 249 g/mol. The van der Waals surface area contributed by atoms with Gasteiger partial charge in [-0.3, -0.25) is 0 Å². The van der Waals surface area contributed by atoms with Gasteiger partial charge in [-0.1, -0.05) is 6.92 Å². The summed E-state index contributed by atoms with van der Waals surface area (Å²) in [6.07, 6.45) is 5.36. The molecule has 4 nitrogen and oxygen atoms in total. The zero-order valence-corrected chi connectivity index (χ0v) is 11.6. The number of hydrogen-bond acceptors (Lipinski definition) is 4. The molecule has 1 N–H and O–H groups in total. The summed E-state index contributed by atoms with van der Waals surface area (Å²) in [7, 11) is 1.69. The van der Waals surface area contributed by atoms with Crippen LogP contribution in [0.4, 0.5) is 0 Å². The van der Waals surface area contributed by atoms with Crippen LogP contribution in [0.5, 0.6) is 0 Å². The standard InChI is InChI=1S/C14H23N3O/c1-4-15-8-11-5-6-13-12(7-11)9-16-14(17-13)10(2)18-3/h9-11,15H,4-8H2,1-3H3. The van der Waals surface area contributed by atoms with E-state index in [1.807, 2.05) is 13.1 Å². The second-order valence-corrected chi connectivity index (χ2v) is 4.99. The molecule has 1 aromatic heterocycles. The number of methoxy groups -OCH3 is 1. The summed E-state index contributed by atoms with van der Waals surface area (Å²) >= 11 is 0. The van der Waals surface area contributed by atoms with Gasteiger partial charge in [0.15, 0.2) is 5.82 Å². The first-order chi connectivity index (χ1) is 8.74. The van der Waals surface area contributed by atoms with Crippen LogP contribution in [0.3, 0.4) is 0 Å². The predicted octanol–water partition coefficient (Wildman–Crippen LogP) is 1.90. The minimum atomic E-state index is -0.0187. The Morgan fingerprint density at radius 1 is 1.56 bits per heavy atom. The average molecular weight is 249 g/mol. The van der Waals surface area contributed by atoms with Crippen molar-refractivity contribution in [2.24, 2.45) is 5.92 Å². The zero-order chi connectivity index (χ0) is 13.0. The molecule has 0 bridgehead atoms. The van der Waals surface area contributed by atoms with E-state index in [0.717, 1.165) is 37.7 Å². The van der Waals surface area contributed by atoms with Crippen molar-refractivity contribution in [2.45, 2.75) is 39.2 Å². The maximum atomic E-state index is 5.27. The zero-order valence-electron chi connectivity index (χ0n) is 11.6. The van der Waals surface area contributed by atoms with Gasteiger partial charge in [0, 0.05) is 19.0 Å². The van der Waals surface area contributed by atoms with E-state index in [-0.39, 0.29) is 6.10 Å². The molecule has 1 aromatic rings. The van der Waals surface area contributed by atoms with Gasteiger partial charge < -0.3 is 10.1 Å². The van der Waals surface area contributed by atoms with Gasteiger partial charge in [0.1, 0.15) is 6.10 Å². The second-order valence-electron chi connectivity index (χ2n) is 4.99. The lowest BCUT2D eigenvalue weighted by molar-refractivity contribution is 0.111. The normalized spacial score (nSPS) is 20.5. The Morgan fingerprint density at radius 3 is 3.11 bits per heavy atom. The molecule has 1 heterocycles. The van der Waals surface area contributed by atoms with Crippen LogP contribution >= 0.6 is 0 Å². The maximum Gasteiger partial charge on any atom is 0.157 e. The number of rotatable bonds is 5. The first kappa shape index (κ1) is 13.4. The van der Waals surface area contributed by atoms with Crippen molar-refractivity contribution in [3.05, 3.63) is 23.3 Å². The van der Waals surface area contributed by atoms with Gasteiger partial charge in [0.25, 0.3) is 0 Å². The lowest BCUT2D eigenvalue weighted by Crippen LogP contribution is -2.28. The molecule has 0 spiro atoms. The molecule has 0 fully saturated rings. The van der Waals surface area contributed by atoms with Gasteiger partial charge in [-0.15, -0.1) is 0 Å². The molecular weight excluding hydrogens is 226 g/mol. The third-order valence-electron chi connectivity index (χ3n) is 3.67. The van der Waals surface area contributed by atoms with Crippen LogP contribution in [-0.2, 0) is 17.6 Å². The van der Waals surface area contributed by atoms with Crippen LogP contribution in [0.1, 0.15) is 43.5 Å². The smallest absolute Gasteiger partial charge is 0.157 e. The third kappa shape index (κ3) is 3.06. The Morgan fingerprint density at radius 2 is 2.39 bits per heavy atom. The van der Waals surface area contributed by atoms with E-state index < -0.39 is 0 Å². The molecule has 0 radical (unpaired) electrons. The molecule has 0 aliphatic heterocycles. The number of aromatic nitrogens is 2. The number of aryl methyl sites for hydroxylation is 1. The summed E-state index contributed by atoms with van der Waals surface area (Å²) < 4.78 is 5.27. The molecule has 2 rings (SSSR count). The number of fused-ring (bicyclic) bond motifs is 1. The van der Waals surface area contributed by atoms with Crippen molar-refractivity contribution in [3.8, 4) is 0 Å². The summed E-state index contributed by atoms with van der Waals surface area (Å²) in [5, 5.41) is 3.43. The van der Waals surface area contributed by atoms with Crippen LogP contribution in [-0.4, -0.2) is 30.2 Å². The minimum absolute atomic E-state index is 0.0187. The van der Waals surface area contributed by atoms with Crippen molar-refractivity contribution < 1.29 is 4.74 Å². The van der Waals surface area contributed by atoms with Crippen molar-refractivity contribution in [1.29, 1.82) is 0 Å². The summed E-state index contributed by atoms with van der Waals surface area (Å²) in [4.78, 5) is 9.06. The van der Waals surface area contributed by atoms with E-state index >= 15 is 0 Å². The predicted molar refractivity (Wildman–Crippen MR) is 71.5 cm³/mol. The number of nitrogens with zero attached hydrogens (tertiary/aromatic N) is 2. The minimum Gasteiger partial charge on any atom is -0.374 e. The van der Waals surface area contributed by atoms with E-state index in [0.29, 0.717) is 0 Å². The van der Waals surface area contributed by atoms with Gasteiger partial charge in [0.05, 0.1) is 0 Å². The largest absolute Gasteiger partial charge is 0.374 e. The molecular formula is C14H23N3O. The van der Waals surface area contributed by atoms with Crippen LogP contribution in [0.15, 0.2) is 6.20 Å². The molecule has 0 saturated heterocycles. The second kappa shape index (κ2) is 6.25. The van der Waals surface area contributed by atoms with Crippen molar-refractivity contribution in [2.75, 3.05) is 20.2 Å². The summed E-state index contributed by atoms with van der Waals surface area (Å²) in [6.45, 7) is 6.28. The average Bonchev–Trinajstić information content (AvgIpc) is 2.43. The van der Waals surface area contributed by atoms with Crippen LogP contribution in [0, 0.1) is 5.92 Å². The van der Waals surface area contributed by atoms with Crippen LogP contribution in [0.25, 0.3) is 0 Å². The summed E-state index contributed by atoms with van der Waals surface area (Å²) in [6, 6.07) is 0. The highest BCUT2D eigenvalue weighted by atomic mass is 16.5. The molecule has 0 amide bonds. The Balaban J connectivity index is 2.06. The molecule has 1 aliphatic carbocycles. The first-order valence-corrected chi connectivity index (χ1v) is 6.82. The van der Waals surface area contributed by atoms with E-state index in [1.54, 1.807) is 7.11 Å². The van der Waals surface area contributed by atoms with Gasteiger partial charge in [-0.05, 0) is 50.8 Å². The highest BCUT2D eigenvalue weighted by Crippen LogP contribution is 2.24. The number of hydrogen-bond donors (Lipinski definition) is 1. The Hall–Kier alpha value is -1.00. The summed E-state index contributed by atoms with van der Waals surface area (Å²) in [5.74, 6) is 1.54. The van der Waals surface area contributed by atoms with Gasteiger partial charge in [-0.25, -0.2) is 9.97 Å². The lowest BCUT2D eigenvalue weighted by atomic mass is 9.87. The van der Waals surface area contributed by atoms with E-state index in [1.165, 1.54) is 17.7 Å². The van der Waals surface area contributed by atoms with Crippen LogP contribution < -0.4 is 5.32 Å². The molecule has 0 saturated carbocycles. The van der Waals surface area contributed by atoms with E-state index in [4.69, 9.17) is 4.74 Å². The first-order valence-electron chi connectivity index (χ1n) is 6.82. The molecule has 4 heteroatoms. The fourth-order valence-corrected chi connectivity index (χ4v) is 2.42. The molecule has 2 unspecified atom stereocenters. The van der Waals surface area contributed by atoms with Gasteiger partial charge in [0.2, 0.25) is 0 Å². The Kier molecular flexibility index (Phi) is 4.66. The molecule has 18 heavy (non-hydrogen) atoms. The van der Waals surface area contributed by atoms with Crippen molar-refractivity contribution in [3.63, 3.8) is 0 Å². The van der Waals surface area contributed by atoms with E-state index in [2.05, 4.69) is 22.2 Å². The fourth-order valence-electron chi connectivity index (χ4n) is 2.42. The van der Waals surface area contributed by atoms with Crippen molar-refractivity contribution in [1.82, 2.24) is 15.3 Å². The molecule has 1 aliphatic rings. The summed E-state index contributed by atoms with van der Waals surface area (Å²) in [5.41, 5.74) is 2.54. The number of nitrogens with one attached hydrogen (secondary N) is 1. The van der Waals surface area contributed by atoms with Gasteiger partial charge >= 0.3 is 0 Å². The van der Waals surface area contributed by atoms with Crippen molar-refractivity contribution >= 4 is 0 Å². The Bertz CT molecular complexity index is 395. The van der Waals surface area contributed by atoms with Gasteiger partial charge in [-0.2, -0.15) is 0 Å². The molecule has 100 valence electrons. The number of ether oxygens (including phenoxy) is 1. The lowest BCUT2D eigenvalue weighted by Gasteiger charge is -2.24. The third-order valence-corrected chi connectivity index (χ3v) is 3.67. The SMILES string of the molecule is CCNCC1CCc2nc(C(C)OC)ncc2C1. The highest BCUT2D eigenvalue weighted by molar-refractivity contribution is 5.22. The fraction of sp³-hybridized carbons (Fsp3) is 0.714. The molecule has 0 aromatic carbocycles. The Labute approximate surface area is 109 Å². The topological polar surface area (TPSA) is 47.0 Å².